The van der Waals surface area contributed by atoms with Crippen LogP contribution in [0.4, 0.5) is 0 Å². The normalized spacial score (nSPS) is 27.9. The molecule has 0 bridgehead atoms. The van der Waals surface area contributed by atoms with Crippen molar-refractivity contribution in [3.8, 4) is 0 Å². The fourth-order valence-electron chi connectivity index (χ4n) is 3.18. The van der Waals surface area contributed by atoms with Crippen LogP contribution in [0.15, 0.2) is 29.2 Å². The highest BCUT2D eigenvalue weighted by molar-refractivity contribution is 7.91. The number of nitrogens with zero attached hydrogens (tertiary/aromatic N) is 1. The first-order valence-corrected chi connectivity index (χ1v) is 8.54. The Balaban J connectivity index is 1.93. The standard InChI is InChI=1S/C14H20N2O2S/c15-11-5-8-16(9-6-11)13-7-10-19(17,18)14-4-2-1-3-12(13)14/h1-4,11,13H,5-10,15H2. The molecule has 4 nitrogen and oxygen atoms in total. The molecule has 2 N–H and O–H groups in total. The van der Waals surface area contributed by atoms with Crippen molar-refractivity contribution < 1.29 is 8.42 Å². The van der Waals surface area contributed by atoms with E-state index >= 15 is 0 Å². The molecule has 19 heavy (non-hydrogen) atoms. The van der Waals surface area contributed by atoms with Gasteiger partial charge in [0.05, 0.1) is 10.6 Å². The van der Waals surface area contributed by atoms with Gasteiger partial charge < -0.3 is 5.73 Å². The molecule has 3 rings (SSSR count). The van der Waals surface area contributed by atoms with E-state index in [0.717, 1.165) is 31.5 Å². The van der Waals surface area contributed by atoms with E-state index in [1.807, 2.05) is 18.2 Å². The molecule has 1 unspecified atom stereocenters. The third kappa shape index (κ3) is 2.42. The van der Waals surface area contributed by atoms with Gasteiger partial charge in [-0.25, -0.2) is 8.42 Å². The van der Waals surface area contributed by atoms with Crippen molar-refractivity contribution >= 4 is 9.84 Å². The molecule has 2 heterocycles. The molecule has 1 aromatic rings. The smallest absolute Gasteiger partial charge is 0.178 e. The van der Waals surface area contributed by atoms with Crippen molar-refractivity contribution in [2.75, 3.05) is 18.8 Å². The predicted octanol–water partition coefficient (Wildman–Crippen LogP) is 1.33. The van der Waals surface area contributed by atoms with Crippen molar-refractivity contribution in [3.63, 3.8) is 0 Å². The molecule has 1 fully saturated rings. The minimum absolute atomic E-state index is 0.243. The lowest BCUT2D eigenvalue weighted by molar-refractivity contribution is 0.146. The Hall–Kier alpha value is -0.910. The number of nitrogens with two attached hydrogens (primary N) is 1. The first-order chi connectivity index (χ1) is 9.08. The minimum atomic E-state index is -3.08. The molecule has 0 aliphatic carbocycles. The van der Waals surface area contributed by atoms with Crippen molar-refractivity contribution in [1.82, 2.24) is 4.90 Å². The molecular weight excluding hydrogens is 260 g/mol. The number of sulfone groups is 1. The van der Waals surface area contributed by atoms with E-state index in [2.05, 4.69) is 4.90 Å². The van der Waals surface area contributed by atoms with Gasteiger partial charge in [-0.15, -0.1) is 0 Å². The van der Waals surface area contributed by atoms with E-state index < -0.39 is 9.84 Å². The van der Waals surface area contributed by atoms with Crippen LogP contribution >= 0.6 is 0 Å². The number of piperidine rings is 1. The van der Waals surface area contributed by atoms with Crippen molar-refractivity contribution in [1.29, 1.82) is 0 Å². The summed E-state index contributed by atoms with van der Waals surface area (Å²) in [6.45, 7) is 1.94. The molecule has 104 valence electrons. The van der Waals surface area contributed by atoms with Gasteiger partial charge in [0.2, 0.25) is 0 Å². The van der Waals surface area contributed by atoms with Gasteiger partial charge >= 0.3 is 0 Å². The van der Waals surface area contributed by atoms with E-state index in [4.69, 9.17) is 5.73 Å². The predicted molar refractivity (Wildman–Crippen MR) is 74.6 cm³/mol. The van der Waals surface area contributed by atoms with Gasteiger partial charge in [0.25, 0.3) is 0 Å². The quantitative estimate of drug-likeness (QED) is 0.843. The first-order valence-electron chi connectivity index (χ1n) is 6.89. The highest BCUT2D eigenvalue weighted by atomic mass is 32.2. The van der Waals surface area contributed by atoms with Crippen LogP contribution in [-0.2, 0) is 9.84 Å². The first kappa shape index (κ1) is 13.1. The van der Waals surface area contributed by atoms with Gasteiger partial charge in [-0.2, -0.15) is 0 Å². The molecule has 2 aliphatic heterocycles. The summed E-state index contributed by atoms with van der Waals surface area (Å²) in [4.78, 5) is 2.93. The summed E-state index contributed by atoms with van der Waals surface area (Å²) in [5.74, 6) is 0.261. The maximum Gasteiger partial charge on any atom is 0.178 e. The Morgan fingerprint density at radius 2 is 1.79 bits per heavy atom. The topological polar surface area (TPSA) is 63.4 Å². The monoisotopic (exact) mass is 280 g/mol. The van der Waals surface area contributed by atoms with Crippen LogP contribution in [0.3, 0.4) is 0 Å². The lowest BCUT2D eigenvalue weighted by Crippen LogP contribution is -2.43. The van der Waals surface area contributed by atoms with Crippen LogP contribution in [0.5, 0.6) is 0 Å². The van der Waals surface area contributed by atoms with Crippen LogP contribution in [0.25, 0.3) is 0 Å². The molecule has 0 aromatic heterocycles. The number of rotatable bonds is 1. The average Bonchev–Trinajstić information content (AvgIpc) is 2.41. The van der Waals surface area contributed by atoms with Gasteiger partial charge in [-0.3, -0.25) is 4.90 Å². The van der Waals surface area contributed by atoms with Crippen LogP contribution in [0, 0.1) is 0 Å². The number of likely N-dealkylation sites (tertiary alicyclic amines) is 1. The summed E-state index contributed by atoms with van der Waals surface area (Å²) in [6.07, 6.45) is 2.71. The summed E-state index contributed by atoms with van der Waals surface area (Å²) in [5, 5.41) is 0. The average molecular weight is 280 g/mol. The van der Waals surface area contributed by atoms with E-state index in [1.165, 1.54) is 0 Å². The zero-order chi connectivity index (χ0) is 13.5. The zero-order valence-corrected chi connectivity index (χ0v) is 11.8. The van der Waals surface area contributed by atoms with Crippen molar-refractivity contribution in [3.05, 3.63) is 29.8 Å². The zero-order valence-electron chi connectivity index (χ0n) is 11.0. The summed E-state index contributed by atoms with van der Waals surface area (Å²) in [7, 11) is -3.08. The Kier molecular flexibility index (Phi) is 3.37. The van der Waals surface area contributed by atoms with E-state index in [0.29, 0.717) is 17.4 Å². The van der Waals surface area contributed by atoms with Crippen LogP contribution in [0.1, 0.15) is 30.9 Å². The fourth-order valence-corrected chi connectivity index (χ4v) is 4.78. The Bertz CT molecular complexity index is 563. The number of hydrogen-bond acceptors (Lipinski definition) is 4. The van der Waals surface area contributed by atoms with Crippen LogP contribution < -0.4 is 5.73 Å². The Morgan fingerprint density at radius 1 is 1.11 bits per heavy atom. The second-order valence-corrected chi connectivity index (χ2v) is 7.61. The molecule has 0 amide bonds. The van der Waals surface area contributed by atoms with Crippen molar-refractivity contribution in [2.45, 2.75) is 36.2 Å². The van der Waals surface area contributed by atoms with Gasteiger partial charge in [0.15, 0.2) is 9.84 Å². The van der Waals surface area contributed by atoms with Gasteiger partial charge in [-0.05, 0) is 30.9 Å². The van der Waals surface area contributed by atoms with Gasteiger partial charge in [0, 0.05) is 25.2 Å². The molecule has 1 atom stereocenters. The summed E-state index contributed by atoms with van der Waals surface area (Å²) >= 11 is 0. The summed E-state index contributed by atoms with van der Waals surface area (Å²) in [5.41, 5.74) is 6.92. The SMILES string of the molecule is NC1CCN(C2CCS(=O)(=O)c3ccccc32)CC1. The number of fused-ring (bicyclic) bond motifs is 1. The Labute approximate surface area is 114 Å². The molecule has 0 spiro atoms. The highest BCUT2D eigenvalue weighted by Crippen LogP contribution is 2.36. The minimum Gasteiger partial charge on any atom is -0.328 e. The number of benzene rings is 1. The molecule has 1 saturated heterocycles. The maximum atomic E-state index is 12.1. The summed E-state index contributed by atoms with van der Waals surface area (Å²) in [6, 6.07) is 8.00. The molecular formula is C14H20N2O2S. The highest BCUT2D eigenvalue weighted by Gasteiger charge is 2.34. The molecule has 0 saturated carbocycles. The second-order valence-electron chi connectivity index (χ2n) is 5.53. The van der Waals surface area contributed by atoms with E-state index in [1.54, 1.807) is 6.07 Å². The fraction of sp³-hybridized carbons (Fsp3) is 0.571. The van der Waals surface area contributed by atoms with Crippen LogP contribution in [0.2, 0.25) is 0 Å². The van der Waals surface area contributed by atoms with Gasteiger partial charge in [-0.1, -0.05) is 18.2 Å². The van der Waals surface area contributed by atoms with Crippen molar-refractivity contribution in [2.24, 2.45) is 5.73 Å². The Morgan fingerprint density at radius 3 is 2.53 bits per heavy atom. The maximum absolute atomic E-state index is 12.1. The van der Waals surface area contributed by atoms with Crippen LogP contribution in [-0.4, -0.2) is 38.2 Å². The van der Waals surface area contributed by atoms with Gasteiger partial charge in [0.1, 0.15) is 0 Å². The largest absolute Gasteiger partial charge is 0.328 e. The summed E-state index contributed by atoms with van der Waals surface area (Å²) < 4.78 is 24.2. The lowest BCUT2D eigenvalue weighted by atomic mass is 9.97. The third-order valence-electron chi connectivity index (χ3n) is 4.29. The lowest BCUT2D eigenvalue weighted by Gasteiger charge is -2.39. The second kappa shape index (κ2) is 4.89. The molecule has 5 heteroatoms. The molecule has 0 radical (unpaired) electrons. The molecule has 1 aromatic carbocycles. The molecule has 2 aliphatic rings. The third-order valence-corrected chi connectivity index (χ3v) is 6.10. The number of hydrogen-bond donors (Lipinski definition) is 1. The van der Waals surface area contributed by atoms with E-state index in [9.17, 15) is 8.42 Å². The van der Waals surface area contributed by atoms with E-state index in [-0.39, 0.29) is 11.8 Å².